The molecule has 0 fully saturated rings. The van der Waals surface area contributed by atoms with E-state index in [2.05, 4.69) is 4.98 Å². The Kier molecular flexibility index (Phi) is 3.47. The Bertz CT molecular complexity index is 723. The van der Waals surface area contributed by atoms with E-state index >= 15 is 0 Å². The lowest BCUT2D eigenvalue weighted by atomic mass is 10.1. The van der Waals surface area contributed by atoms with Crippen LogP contribution in [0, 0.1) is 0 Å². The number of aromatic nitrogens is 2. The lowest BCUT2D eigenvalue weighted by Crippen LogP contribution is -2.25. The summed E-state index contributed by atoms with van der Waals surface area (Å²) in [7, 11) is 1.91. The fraction of sp³-hybridized carbons (Fsp3) is 0.267. The van der Waals surface area contributed by atoms with Crippen molar-refractivity contribution in [2.75, 3.05) is 13.7 Å². The van der Waals surface area contributed by atoms with Gasteiger partial charge in [0.2, 0.25) is 0 Å². The van der Waals surface area contributed by atoms with Crippen molar-refractivity contribution in [2.45, 2.75) is 13.5 Å². The molecular weight excluding hydrogens is 286 g/mol. The number of fused-ring (bicyclic) bond motifs is 3. The van der Waals surface area contributed by atoms with Gasteiger partial charge in [-0.15, -0.1) is 0 Å². The molecular formula is C15H15N3O2S. The third-order valence-corrected chi connectivity index (χ3v) is 3.99. The maximum Gasteiger partial charge on any atom is 0.358 e. The van der Waals surface area contributed by atoms with Crippen LogP contribution in [0.2, 0.25) is 0 Å². The summed E-state index contributed by atoms with van der Waals surface area (Å²) in [5, 5.41) is 0. The van der Waals surface area contributed by atoms with Crippen LogP contribution in [0.4, 0.5) is 0 Å². The summed E-state index contributed by atoms with van der Waals surface area (Å²) in [5.74, 6) is -0.398. The molecule has 0 radical (unpaired) electrons. The average molecular weight is 301 g/mol. The highest BCUT2D eigenvalue weighted by Crippen LogP contribution is 2.26. The van der Waals surface area contributed by atoms with E-state index in [4.69, 9.17) is 17.0 Å². The highest BCUT2D eigenvalue weighted by molar-refractivity contribution is 7.80. The molecule has 21 heavy (non-hydrogen) atoms. The molecule has 0 amide bonds. The third-order valence-electron chi connectivity index (χ3n) is 3.46. The molecule has 3 rings (SSSR count). The van der Waals surface area contributed by atoms with Crippen molar-refractivity contribution in [3.63, 3.8) is 0 Å². The molecule has 0 spiro atoms. The Labute approximate surface area is 128 Å². The van der Waals surface area contributed by atoms with Crippen LogP contribution in [0.1, 0.15) is 28.7 Å². The number of ether oxygens (including phenoxy) is 1. The Morgan fingerprint density at radius 2 is 2.19 bits per heavy atom. The number of thiocarbonyl (C=S) groups is 1. The smallest absolute Gasteiger partial charge is 0.358 e. The number of hydrogen-bond donors (Lipinski definition) is 0. The number of para-hydroxylation sites is 1. The molecule has 0 N–H and O–H groups in total. The van der Waals surface area contributed by atoms with E-state index in [0.717, 1.165) is 21.9 Å². The number of rotatable bonds is 2. The van der Waals surface area contributed by atoms with E-state index in [1.807, 2.05) is 40.8 Å². The number of carbonyl (C=O) groups is 1. The number of hydrogen-bond acceptors (Lipinski definition) is 4. The van der Waals surface area contributed by atoms with Gasteiger partial charge in [0, 0.05) is 12.6 Å². The third kappa shape index (κ3) is 2.21. The Morgan fingerprint density at radius 1 is 1.43 bits per heavy atom. The lowest BCUT2D eigenvalue weighted by molar-refractivity contribution is 0.0518. The van der Waals surface area contributed by atoms with Crippen molar-refractivity contribution >= 4 is 23.2 Å². The van der Waals surface area contributed by atoms with Gasteiger partial charge >= 0.3 is 5.97 Å². The first kappa shape index (κ1) is 13.8. The van der Waals surface area contributed by atoms with Gasteiger partial charge in [-0.3, -0.25) is 4.57 Å². The van der Waals surface area contributed by atoms with Crippen LogP contribution in [0.3, 0.4) is 0 Å². The zero-order valence-corrected chi connectivity index (χ0v) is 12.7. The molecule has 0 saturated carbocycles. The van der Waals surface area contributed by atoms with E-state index in [1.54, 1.807) is 13.3 Å². The number of nitrogens with zero attached hydrogens (tertiary/aromatic N) is 3. The average Bonchev–Trinajstić information content (AvgIpc) is 2.86. The summed E-state index contributed by atoms with van der Waals surface area (Å²) in [6, 6.07) is 7.85. The second kappa shape index (κ2) is 5.29. The number of imidazole rings is 1. The van der Waals surface area contributed by atoms with E-state index in [1.165, 1.54) is 0 Å². The van der Waals surface area contributed by atoms with Gasteiger partial charge in [-0.1, -0.05) is 24.4 Å². The van der Waals surface area contributed by atoms with Gasteiger partial charge in [-0.25, -0.2) is 9.78 Å². The Morgan fingerprint density at radius 3 is 2.95 bits per heavy atom. The van der Waals surface area contributed by atoms with Crippen LogP contribution in [0.5, 0.6) is 0 Å². The molecule has 0 aliphatic carbocycles. The van der Waals surface area contributed by atoms with Gasteiger partial charge in [0.15, 0.2) is 5.69 Å². The zero-order chi connectivity index (χ0) is 15.0. The van der Waals surface area contributed by atoms with Gasteiger partial charge in [-0.2, -0.15) is 0 Å². The Balaban J connectivity index is 2.18. The minimum atomic E-state index is -0.398. The predicted molar refractivity (Wildman–Crippen MR) is 82.7 cm³/mol. The van der Waals surface area contributed by atoms with E-state index < -0.39 is 5.97 Å². The van der Waals surface area contributed by atoms with Crippen LogP contribution in [0.25, 0.3) is 5.69 Å². The topological polar surface area (TPSA) is 47.4 Å². The molecule has 1 aliphatic rings. The number of carbonyl (C=O) groups excluding carboxylic acids is 1. The SMILES string of the molecule is CCOC(=O)c1ncn2c1CN(C)C(=S)c1ccccc1-2. The van der Waals surface area contributed by atoms with Gasteiger partial charge in [0.05, 0.1) is 24.5 Å². The summed E-state index contributed by atoms with van der Waals surface area (Å²) < 4.78 is 6.99. The van der Waals surface area contributed by atoms with Gasteiger partial charge in [0.25, 0.3) is 0 Å². The molecule has 1 aliphatic heterocycles. The van der Waals surface area contributed by atoms with Crippen molar-refractivity contribution in [1.29, 1.82) is 0 Å². The molecule has 0 unspecified atom stereocenters. The zero-order valence-electron chi connectivity index (χ0n) is 11.9. The molecule has 1 aromatic heterocycles. The van der Waals surface area contributed by atoms with E-state index in [0.29, 0.717) is 18.8 Å². The summed E-state index contributed by atoms with van der Waals surface area (Å²) in [6.07, 6.45) is 1.65. The van der Waals surface area contributed by atoms with E-state index in [-0.39, 0.29) is 0 Å². The highest BCUT2D eigenvalue weighted by atomic mass is 32.1. The number of esters is 1. The molecule has 5 nitrogen and oxygen atoms in total. The largest absolute Gasteiger partial charge is 0.461 e. The van der Waals surface area contributed by atoms with Crippen molar-refractivity contribution < 1.29 is 9.53 Å². The van der Waals surface area contributed by atoms with Crippen LogP contribution >= 0.6 is 12.2 Å². The van der Waals surface area contributed by atoms with Gasteiger partial charge in [0.1, 0.15) is 11.3 Å². The summed E-state index contributed by atoms with van der Waals surface area (Å²) in [4.78, 5) is 19.0. The fourth-order valence-corrected chi connectivity index (χ4v) is 2.71. The second-order valence-corrected chi connectivity index (χ2v) is 5.20. The van der Waals surface area contributed by atoms with Crippen molar-refractivity contribution in [2.24, 2.45) is 0 Å². The van der Waals surface area contributed by atoms with Crippen LogP contribution in [-0.2, 0) is 11.3 Å². The van der Waals surface area contributed by atoms with Crippen molar-refractivity contribution in [3.8, 4) is 5.69 Å². The molecule has 108 valence electrons. The molecule has 6 heteroatoms. The summed E-state index contributed by atoms with van der Waals surface area (Å²) in [6.45, 7) is 2.63. The maximum absolute atomic E-state index is 12.0. The standard InChI is InChI=1S/C15H15N3O2S/c1-3-20-15(19)13-12-8-17(2)14(21)10-6-4-5-7-11(10)18(12)9-16-13/h4-7,9H,3,8H2,1-2H3. The molecule has 2 aromatic rings. The highest BCUT2D eigenvalue weighted by Gasteiger charge is 2.26. The fourth-order valence-electron chi connectivity index (χ4n) is 2.47. The van der Waals surface area contributed by atoms with Gasteiger partial charge in [-0.05, 0) is 19.1 Å². The predicted octanol–water partition coefficient (Wildman–Crippen LogP) is 2.17. The van der Waals surface area contributed by atoms with E-state index in [9.17, 15) is 4.79 Å². The first-order valence-electron chi connectivity index (χ1n) is 6.71. The summed E-state index contributed by atoms with van der Waals surface area (Å²) in [5.41, 5.74) is 3.04. The molecule has 1 aromatic carbocycles. The molecule has 2 heterocycles. The quantitative estimate of drug-likeness (QED) is 0.628. The van der Waals surface area contributed by atoms with Crippen molar-refractivity contribution in [1.82, 2.24) is 14.5 Å². The second-order valence-electron chi connectivity index (χ2n) is 4.81. The molecule has 0 atom stereocenters. The van der Waals surface area contributed by atoms with Crippen LogP contribution in [-0.4, -0.2) is 39.1 Å². The summed E-state index contributed by atoms with van der Waals surface area (Å²) >= 11 is 5.52. The normalized spacial score (nSPS) is 13.4. The molecule has 0 bridgehead atoms. The molecule has 0 saturated heterocycles. The maximum atomic E-state index is 12.0. The first-order valence-corrected chi connectivity index (χ1v) is 7.12. The van der Waals surface area contributed by atoms with Crippen molar-refractivity contribution in [3.05, 3.63) is 47.5 Å². The van der Waals surface area contributed by atoms with Crippen LogP contribution < -0.4 is 0 Å². The van der Waals surface area contributed by atoms with Gasteiger partial charge < -0.3 is 9.64 Å². The Hall–Kier alpha value is -2.21. The van der Waals surface area contributed by atoms with Crippen LogP contribution in [0.15, 0.2) is 30.6 Å². The first-order chi connectivity index (χ1) is 10.1. The lowest BCUT2D eigenvalue weighted by Gasteiger charge is -2.17. The monoisotopic (exact) mass is 301 g/mol. The minimum Gasteiger partial charge on any atom is -0.461 e. The number of benzene rings is 1. The minimum absolute atomic E-state index is 0.329.